The Bertz CT molecular complexity index is 919. The zero-order chi connectivity index (χ0) is 20.1. The second kappa shape index (κ2) is 8.69. The van der Waals surface area contributed by atoms with E-state index in [1.165, 1.54) is 24.3 Å². The lowest BCUT2D eigenvalue weighted by Gasteiger charge is -2.11. The zero-order valence-electron chi connectivity index (χ0n) is 16.0. The highest BCUT2D eigenvalue weighted by Gasteiger charge is 2.15. The van der Waals surface area contributed by atoms with Crippen molar-refractivity contribution in [2.24, 2.45) is 0 Å². The van der Waals surface area contributed by atoms with E-state index >= 15 is 0 Å². The van der Waals surface area contributed by atoms with E-state index in [1.54, 1.807) is 19.1 Å². The van der Waals surface area contributed by atoms with Crippen LogP contribution in [0.3, 0.4) is 0 Å². The van der Waals surface area contributed by atoms with Crippen molar-refractivity contribution in [3.8, 4) is 0 Å². The Labute approximate surface area is 163 Å². The summed E-state index contributed by atoms with van der Waals surface area (Å²) in [5.41, 5.74) is 5.13. The van der Waals surface area contributed by atoms with E-state index in [4.69, 9.17) is 4.74 Å². The predicted octanol–water partition coefficient (Wildman–Crippen LogP) is 2.99. The maximum atomic E-state index is 12.1. The first-order valence-corrected chi connectivity index (χ1v) is 9.21. The molecule has 0 radical (unpaired) electrons. The SMILES string of the molecule is COC(=O)c1ccc(C)c(NC(=O)COC(=O)Cc2ccc3c(c2)CCC3)c1. The summed E-state index contributed by atoms with van der Waals surface area (Å²) in [6.07, 6.45) is 3.43. The van der Waals surface area contributed by atoms with Crippen molar-refractivity contribution >= 4 is 23.5 Å². The molecule has 0 aromatic heterocycles. The molecule has 1 N–H and O–H groups in total. The van der Waals surface area contributed by atoms with Gasteiger partial charge in [-0.15, -0.1) is 0 Å². The van der Waals surface area contributed by atoms with Crippen molar-refractivity contribution in [1.82, 2.24) is 0 Å². The van der Waals surface area contributed by atoms with E-state index < -0.39 is 17.8 Å². The number of methoxy groups -OCH3 is 1. The smallest absolute Gasteiger partial charge is 0.337 e. The third-order valence-corrected chi connectivity index (χ3v) is 4.81. The molecule has 3 rings (SSSR count). The Morgan fingerprint density at radius 2 is 1.82 bits per heavy atom. The summed E-state index contributed by atoms with van der Waals surface area (Å²) in [4.78, 5) is 35.8. The number of fused-ring (bicyclic) bond motifs is 1. The Balaban J connectivity index is 1.53. The van der Waals surface area contributed by atoms with E-state index in [1.807, 2.05) is 12.1 Å². The minimum absolute atomic E-state index is 0.136. The lowest BCUT2D eigenvalue weighted by atomic mass is 10.0. The summed E-state index contributed by atoms with van der Waals surface area (Å²) in [5, 5.41) is 2.66. The van der Waals surface area contributed by atoms with Gasteiger partial charge in [-0.3, -0.25) is 9.59 Å². The lowest BCUT2D eigenvalue weighted by Crippen LogP contribution is -2.22. The highest BCUT2D eigenvalue weighted by atomic mass is 16.5. The van der Waals surface area contributed by atoms with Crippen LogP contribution in [0, 0.1) is 6.92 Å². The normalized spacial score (nSPS) is 12.2. The lowest BCUT2D eigenvalue weighted by molar-refractivity contribution is -0.146. The fourth-order valence-electron chi connectivity index (χ4n) is 3.29. The average Bonchev–Trinajstić information content (AvgIpc) is 3.15. The first-order valence-electron chi connectivity index (χ1n) is 9.21. The van der Waals surface area contributed by atoms with E-state index in [0.29, 0.717) is 11.3 Å². The molecule has 0 saturated carbocycles. The van der Waals surface area contributed by atoms with Crippen molar-refractivity contribution in [3.05, 3.63) is 64.2 Å². The highest BCUT2D eigenvalue weighted by Crippen LogP contribution is 2.23. The molecule has 0 atom stereocenters. The van der Waals surface area contributed by atoms with Crippen LogP contribution in [0.25, 0.3) is 0 Å². The Morgan fingerprint density at radius 3 is 2.61 bits per heavy atom. The van der Waals surface area contributed by atoms with Gasteiger partial charge in [-0.2, -0.15) is 0 Å². The van der Waals surface area contributed by atoms with Crippen molar-refractivity contribution in [1.29, 1.82) is 0 Å². The number of hydrogen-bond donors (Lipinski definition) is 1. The van der Waals surface area contributed by atoms with E-state index in [9.17, 15) is 14.4 Å². The number of esters is 2. The van der Waals surface area contributed by atoms with Gasteiger partial charge in [-0.1, -0.05) is 24.3 Å². The molecule has 6 heteroatoms. The summed E-state index contributed by atoms with van der Waals surface area (Å²) in [6.45, 7) is 1.42. The van der Waals surface area contributed by atoms with Crippen LogP contribution in [0.1, 0.15) is 39.0 Å². The molecule has 2 aromatic carbocycles. The van der Waals surface area contributed by atoms with Crippen LogP contribution in [0.15, 0.2) is 36.4 Å². The Hall–Kier alpha value is -3.15. The number of anilines is 1. The van der Waals surface area contributed by atoms with Gasteiger partial charge in [-0.25, -0.2) is 4.79 Å². The monoisotopic (exact) mass is 381 g/mol. The fourth-order valence-corrected chi connectivity index (χ4v) is 3.29. The molecule has 0 fully saturated rings. The number of amides is 1. The predicted molar refractivity (Wildman–Crippen MR) is 104 cm³/mol. The van der Waals surface area contributed by atoms with Gasteiger partial charge in [0.2, 0.25) is 0 Å². The number of rotatable bonds is 6. The second-order valence-corrected chi connectivity index (χ2v) is 6.86. The molecule has 1 aliphatic carbocycles. The largest absolute Gasteiger partial charge is 0.465 e. The molecule has 0 bridgehead atoms. The van der Waals surface area contributed by atoms with Crippen LogP contribution >= 0.6 is 0 Å². The summed E-state index contributed by atoms with van der Waals surface area (Å²) < 4.78 is 9.77. The van der Waals surface area contributed by atoms with Gasteiger partial charge < -0.3 is 14.8 Å². The third-order valence-electron chi connectivity index (χ3n) is 4.81. The Morgan fingerprint density at radius 1 is 1.04 bits per heavy atom. The Kier molecular flexibility index (Phi) is 6.09. The van der Waals surface area contributed by atoms with Gasteiger partial charge in [0.25, 0.3) is 5.91 Å². The van der Waals surface area contributed by atoms with Crippen LogP contribution in [-0.2, 0) is 38.3 Å². The molecule has 0 saturated heterocycles. The molecule has 28 heavy (non-hydrogen) atoms. The molecule has 0 unspecified atom stereocenters. The molecule has 2 aromatic rings. The summed E-state index contributed by atoms with van der Waals surface area (Å²) in [5.74, 6) is -1.41. The number of carbonyl (C=O) groups excluding carboxylic acids is 3. The van der Waals surface area contributed by atoms with Crippen LogP contribution in [0.4, 0.5) is 5.69 Å². The minimum Gasteiger partial charge on any atom is -0.465 e. The number of benzene rings is 2. The van der Waals surface area contributed by atoms with Crippen molar-refractivity contribution in [2.45, 2.75) is 32.6 Å². The quantitative estimate of drug-likeness (QED) is 0.778. The van der Waals surface area contributed by atoms with Gasteiger partial charge in [0, 0.05) is 5.69 Å². The van der Waals surface area contributed by atoms with Crippen molar-refractivity contribution < 1.29 is 23.9 Å². The van der Waals surface area contributed by atoms with E-state index in [2.05, 4.69) is 16.1 Å². The fraction of sp³-hybridized carbons (Fsp3) is 0.318. The molecule has 0 heterocycles. The first-order chi connectivity index (χ1) is 13.5. The van der Waals surface area contributed by atoms with Gasteiger partial charge >= 0.3 is 11.9 Å². The summed E-state index contributed by atoms with van der Waals surface area (Å²) in [6, 6.07) is 10.9. The number of carbonyl (C=O) groups is 3. The van der Waals surface area contributed by atoms with Gasteiger partial charge in [0.05, 0.1) is 19.1 Å². The van der Waals surface area contributed by atoms with Crippen LogP contribution < -0.4 is 5.32 Å². The number of aryl methyl sites for hydroxylation is 3. The molecule has 146 valence electrons. The number of ether oxygens (including phenoxy) is 2. The zero-order valence-corrected chi connectivity index (χ0v) is 16.0. The van der Waals surface area contributed by atoms with Gasteiger partial charge in [0.15, 0.2) is 6.61 Å². The van der Waals surface area contributed by atoms with Crippen molar-refractivity contribution in [2.75, 3.05) is 19.0 Å². The number of nitrogens with one attached hydrogen (secondary N) is 1. The van der Waals surface area contributed by atoms with Crippen molar-refractivity contribution in [3.63, 3.8) is 0 Å². The molecular weight excluding hydrogens is 358 g/mol. The van der Waals surface area contributed by atoms with Gasteiger partial charge in [-0.05, 0) is 60.6 Å². The summed E-state index contributed by atoms with van der Waals surface area (Å²) >= 11 is 0. The second-order valence-electron chi connectivity index (χ2n) is 6.86. The number of hydrogen-bond acceptors (Lipinski definition) is 5. The average molecular weight is 381 g/mol. The molecule has 1 amide bonds. The summed E-state index contributed by atoms with van der Waals surface area (Å²) in [7, 11) is 1.29. The maximum Gasteiger partial charge on any atom is 0.337 e. The third kappa shape index (κ3) is 4.76. The topological polar surface area (TPSA) is 81.7 Å². The van der Waals surface area contributed by atoms with E-state index in [0.717, 1.165) is 30.4 Å². The van der Waals surface area contributed by atoms with Crippen LogP contribution in [0.2, 0.25) is 0 Å². The standard InChI is InChI=1S/C22H23NO5/c1-14-6-8-18(22(26)27-2)12-19(14)23-20(24)13-28-21(25)11-15-7-9-16-4-3-5-17(16)10-15/h6-10,12H,3-5,11,13H2,1-2H3,(H,23,24). The highest BCUT2D eigenvalue weighted by molar-refractivity contribution is 5.96. The van der Waals surface area contributed by atoms with Crippen LogP contribution in [-0.4, -0.2) is 31.6 Å². The molecule has 6 nitrogen and oxygen atoms in total. The van der Waals surface area contributed by atoms with E-state index in [-0.39, 0.29) is 13.0 Å². The molecule has 1 aliphatic rings. The maximum absolute atomic E-state index is 12.1. The van der Waals surface area contributed by atoms with Gasteiger partial charge in [0.1, 0.15) is 0 Å². The minimum atomic E-state index is -0.490. The first kappa shape index (κ1) is 19.6. The van der Waals surface area contributed by atoms with Crippen LogP contribution in [0.5, 0.6) is 0 Å². The molecular formula is C22H23NO5. The molecule has 0 aliphatic heterocycles. The molecule has 0 spiro atoms.